The molecule has 0 aliphatic heterocycles. The van der Waals surface area contributed by atoms with Crippen LogP contribution in [-0.2, 0) is 19.1 Å². The predicted octanol–water partition coefficient (Wildman–Crippen LogP) is 20.9. The zero-order valence-electron chi connectivity index (χ0n) is 47.2. The van der Waals surface area contributed by atoms with Crippen molar-refractivity contribution in [3.8, 4) is 0 Å². The second-order valence-electron chi connectivity index (χ2n) is 20.0. The van der Waals surface area contributed by atoms with Gasteiger partial charge in [-0.15, -0.1) is 0 Å². The van der Waals surface area contributed by atoms with Crippen molar-refractivity contribution >= 4 is 11.9 Å². The van der Waals surface area contributed by atoms with Crippen LogP contribution in [0.3, 0.4) is 0 Å². The second-order valence-corrected chi connectivity index (χ2v) is 20.0. The normalized spacial score (nSPS) is 13.0. The first kappa shape index (κ1) is 68.6. The molecule has 0 bridgehead atoms. The zero-order chi connectivity index (χ0) is 52.0. The van der Waals surface area contributed by atoms with Crippen molar-refractivity contribution in [1.29, 1.82) is 0 Å². The van der Waals surface area contributed by atoms with E-state index in [1.54, 1.807) is 0 Å². The quantitative estimate of drug-likeness (QED) is 0.0373. The molecule has 0 aromatic heterocycles. The molecular formula is C67H114O5. The molecule has 5 heteroatoms. The van der Waals surface area contributed by atoms with Gasteiger partial charge in [-0.05, 0) is 103 Å². The molecule has 412 valence electrons. The van der Waals surface area contributed by atoms with Gasteiger partial charge in [0.05, 0.1) is 6.61 Å². The fraction of sp³-hybridized carbons (Fsp3) is 0.701. The Balaban J connectivity index is 3.50. The van der Waals surface area contributed by atoms with Crippen LogP contribution in [0.25, 0.3) is 0 Å². The lowest BCUT2D eigenvalue weighted by Crippen LogP contribution is -2.28. The SMILES string of the molecule is CC/C=C\C/C=C\C/C=C\C/C=C\C/C=C\C/C=C\CCCCCCCCCCCCCCCCCCC(=O)OC(CO)COC(=O)CCCCCCCCCC/C=C\C/C=C\C/C=C\CCCCCCC. The molecule has 0 rings (SSSR count). The maximum atomic E-state index is 12.3. The van der Waals surface area contributed by atoms with Crippen LogP contribution in [0.1, 0.15) is 284 Å². The minimum Gasteiger partial charge on any atom is -0.462 e. The number of rotatable bonds is 55. The smallest absolute Gasteiger partial charge is 0.306 e. The lowest BCUT2D eigenvalue weighted by atomic mass is 10.0. The highest BCUT2D eigenvalue weighted by Crippen LogP contribution is 2.16. The van der Waals surface area contributed by atoms with E-state index in [9.17, 15) is 14.7 Å². The Labute approximate surface area is 446 Å². The number of carbonyl (C=O) groups is 2. The maximum absolute atomic E-state index is 12.3. The van der Waals surface area contributed by atoms with E-state index in [1.807, 2.05) is 0 Å². The number of hydrogen-bond donors (Lipinski definition) is 1. The van der Waals surface area contributed by atoms with Crippen LogP contribution in [0.2, 0.25) is 0 Å². The van der Waals surface area contributed by atoms with Crippen LogP contribution in [0, 0.1) is 0 Å². The van der Waals surface area contributed by atoms with Crippen LogP contribution >= 0.6 is 0 Å². The monoisotopic (exact) mass is 999 g/mol. The largest absolute Gasteiger partial charge is 0.462 e. The highest BCUT2D eigenvalue weighted by Gasteiger charge is 2.16. The third kappa shape index (κ3) is 59.1. The van der Waals surface area contributed by atoms with Gasteiger partial charge in [0.25, 0.3) is 0 Å². The molecule has 0 fully saturated rings. The van der Waals surface area contributed by atoms with Gasteiger partial charge in [0.15, 0.2) is 6.10 Å². The van der Waals surface area contributed by atoms with Gasteiger partial charge < -0.3 is 14.6 Å². The molecule has 0 spiro atoms. The van der Waals surface area contributed by atoms with Crippen LogP contribution in [-0.4, -0.2) is 36.4 Å². The summed E-state index contributed by atoms with van der Waals surface area (Å²) in [6, 6.07) is 0. The Morgan fingerprint density at radius 1 is 0.333 bits per heavy atom. The van der Waals surface area contributed by atoms with E-state index in [2.05, 4.69) is 123 Å². The van der Waals surface area contributed by atoms with Crippen molar-refractivity contribution in [1.82, 2.24) is 0 Å². The molecule has 0 radical (unpaired) electrons. The molecular weight excluding hydrogens is 885 g/mol. The summed E-state index contributed by atoms with van der Waals surface area (Å²) < 4.78 is 10.7. The Kier molecular flexibility index (Phi) is 58.9. The molecule has 1 atom stereocenters. The summed E-state index contributed by atoms with van der Waals surface area (Å²) in [4.78, 5) is 24.6. The number of aliphatic hydroxyl groups is 1. The summed E-state index contributed by atoms with van der Waals surface area (Å²) in [7, 11) is 0. The number of aliphatic hydroxyl groups excluding tert-OH is 1. The van der Waals surface area contributed by atoms with E-state index in [4.69, 9.17) is 9.47 Å². The predicted molar refractivity (Wildman–Crippen MR) is 315 cm³/mol. The van der Waals surface area contributed by atoms with Crippen molar-refractivity contribution in [2.45, 2.75) is 290 Å². The molecule has 0 aliphatic carbocycles. The summed E-state index contributed by atoms with van der Waals surface area (Å²) in [6.45, 7) is 4.03. The number of unbranched alkanes of at least 4 members (excludes halogenated alkanes) is 29. The van der Waals surface area contributed by atoms with Gasteiger partial charge in [0.2, 0.25) is 0 Å². The first-order valence-electron chi connectivity index (χ1n) is 30.4. The molecule has 0 heterocycles. The van der Waals surface area contributed by atoms with Gasteiger partial charge in [-0.2, -0.15) is 0 Å². The van der Waals surface area contributed by atoms with Gasteiger partial charge in [0.1, 0.15) is 6.61 Å². The molecule has 0 amide bonds. The van der Waals surface area contributed by atoms with Crippen molar-refractivity contribution < 1.29 is 24.2 Å². The highest BCUT2D eigenvalue weighted by atomic mass is 16.6. The molecule has 1 N–H and O–H groups in total. The average molecular weight is 1000 g/mol. The summed E-state index contributed by atoms with van der Waals surface area (Å²) in [5.41, 5.74) is 0. The lowest BCUT2D eigenvalue weighted by molar-refractivity contribution is -0.161. The maximum Gasteiger partial charge on any atom is 0.306 e. The van der Waals surface area contributed by atoms with Crippen molar-refractivity contribution in [3.63, 3.8) is 0 Å². The fourth-order valence-electron chi connectivity index (χ4n) is 8.51. The van der Waals surface area contributed by atoms with Crippen LogP contribution in [0.15, 0.2) is 109 Å². The molecule has 0 saturated carbocycles. The zero-order valence-corrected chi connectivity index (χ0v) is 47.2. The van der Waals surface area contributed by atoms with Crippen molar-refractivity contribution in [3.05, 3.63) is 109 Å². The Bertz CT molecular complexity index is 1410. The van der Waals surface area contributed by atoms with Gasteiger partial charge in [0, 0.05) is 12.8 Å². The number of allylic oxidation sites excluding steroid dienone is 18. The highest BCUT2D eigenvalue weighted by molar-refractivity contribution is 5.70. The Hall–Kier alpha value is -3.44. The Morgan fingerprint density at radius 3 is 0.903 bits per heavy atom. The fourth-order valence-corrected chi connectivity index (χ4v) is 8.51. The van der Waals surface area contributed by atoms with Gasteiger partial charge in [-0.1, -0.05) is 277 Å². The van der Waals surface area contributed by atoms with E-state index < -0.39 is 6.10 Å². The standard InChI is InChI=1S/C67H114O5/c1-3-5-7-9-11-13-15-17-19-21-23-25-27-28-29-30-31-32-33-34-35-36-37-38-40-42-44-46-48-50-52-54-56-58-60-62-67(70)72-65(63-68)64-71-66(69)61-59-57-55-53-51-49-47-45-43-41-39-26-24-22-20-18-16-14-12-10-8-6-4-2/h5,7,11,13,16-19,22-25,28-29,31-32,39,41,65,68H,3-4,6,8-10,12,14-15,20-21,26-27,30,33-38,40,42-64H2,1-2H3/b7-5-,13-11-,18-16-,19-17-,24-22-,25-23-,29-28-,32-31-,41-39-. The van der Waals surface area contributed by atoms with E-state index in [1.165, 1.54) is 167 Å². The van der Waals surface area contributed by atoms with E-state index >= 15 is 0 Å². The number of ether oxygens (including phenoxy) is 2. The van der Waals surface area contributed by atoms with Gasteiger partial charge >= 0.3 is 11.9 Å². The van der Waals surface area contributed by atoms with Gasteiger partial charge in [-0.3, -0.25) is 9.59 Å². The topological polar surface area (TPSA) is 72.8 Å². The Morgan fingerprint density at radius 2 is 0.597 bits per heavy atom. The van der Waals surface area contributed by atoms with Crippen molar-refractivity contribution in [2.75, 3.05) is 13.2 Å². The molecule has 1 unspecified atom stereocenters. The molecule has 0 aromatic carbocycles. The van der Waals surface area contributed by atoms with E-state index in [-0.39, 0.29) is 25.2 Å². The number of hydrogen-bond acceptors (Lipinski definition) is 5. The number of esters is 2. The third-order valence-corrected chi connectivity index (χ3v) is 13.1. The molecule has 0 saturated heterocycles. The third-order valence-electron chi connectivity index (χ3n) is 13.1. The summed E-state index contributed by atoms with van der Waals surface area (Å²) in [5, 5.41) is 9.67. The number of carbonyl (C=O) groups excluding carboxylic acids is 2. The molecule has 5 nitrogen and oxygen atoms in total. The second kappa shape index (κ2) is 61.9. The van der Waals surface area contributed by atoms with Crippen molar-refractivity contribution in [2.24, 2.45) is 0 Å². The van der Waals surface area contributed by atoms with Gasteiger partial charge in [-0.25, -0.2) is 0 Å². The molecule has 0 aromatic rings. The first-order valence-corrected chi connectivity index (χ1v) is 30.4. The lowest BCUT2D eigenvalue weighted by Gasteiger charge is -2.15. The summed E-state index contributed by atoms with van der Waals surface area (Å²) in [5.74, 6) is -0.595. The molecule has 0 aliphatic rings. The average Bonchev–Trinajstić information content (AvgIpc) is 3.38. The first-order chi connectivity index (χ1) is 35.6. The van der Waals surface area contributed by atoms with Crippen LogP contribution < -0.4 is 0 Å². The van der Waals surface area contributed by atoms with Crippen LogP contribution in [0.4, 0.5) is 0 Å². The van der Waals surface area contributed by atoms with E-state index in [0.29, 0.717) is 12.8 Å². The summed E-state index contributed by atoms with van der Waals surface area (Å²) >= 11 is 0. The molecule has 72 heavy (non-hydrogen) atoms. The minimum absolute atomic E-state index is 0.0727. The van der Waals surface area contributed by atoms with Crippen LogP contribution in [0.5, 0.6) is 0 Å². The summed E-state index contributed by atoms with van der Waals surface area (Å²) in [6.07, 6.45) is 89.3. The minimum atomic E-state index is -0.782. The van der Waals surface area contributed by atoms with E-state index in [0.717, 1.165) is 89.9 Å².